The zero-order valence-electron chi connectivity index (χ0n) is 13.3. The molecular formula is C17H26N2O3. The summed E-state index contributed by atoms with van der Waals surface area (Å²) in [7, 11) is 0. The fraction of sp³-hybridized carbons (Fsp3) is 0.588. The average molecular weight is 306 g/mol. The van der Waals surface area contributed by atoms with E-state index in [9.17, 15) is 9.90 Å². The minimum absolute atomic E-state index is 0.111. The molecule has 5 heteroatoms. The molecule has 122 valence electrons. The lowest BCUT2D eigenvalue weighted by atomic mass is 9.93. The van der Waals surface area contributed by atoms with Crippen LogP contribution in [0, 0.1) is 12.8 Å². The number of urea groups is 1. The van der Waals surface area contributed by atoms with Crippen molar-refractivity contribution in [3.63, 3.8) is 0 Å². The van der Waals surface area contributed by atoms with Gasteiger partial charge in [0, 0.05) is 25.8 Å². The first-order valence-electron chi connectivity index (χ1n) is 7.93. The molecule has 0 radical (unpaired) electrons. The van der Waals surface area contributed by atoms with Gasteiger partial charge in [0.15, 0.2) is 0 Å². The van der Waals surface area contributed by atoms with E-state index in [0.29, 0.717) is 5.92 Å². The molecule has 2 unspecified atom stereocenters. The monoisotopic (exact) mass is 306 g/mol. The number of aliphatic hydroxyl groups excluding tert-OH is 1. The number of carbonyl (C=O) groups excluding carboxylic acids is 1. The summed E-state index contributed by atoms with van der Waals surface area (Å²) in [6.07, 6.45) is 1.27. The summed E-state index contributed by atoms with van der Waals surface area (Å²) >= 11 is 0. The molecule has 0 aliphatic carbocycles. The summed E-state index contributed by atoms with van der Waals surface area (Å²) in [6.45, 7) is 5.71. The van der Waals surface area contributed by atoms with E-state index in [4.69, 9.17) is 4.74 Å². The van der Waals surface area contributed by atoms with Crippen LogP contribution in [0.25, 0.3) is 0 Å². The molecule has 5 nitrogen and oxygen atoms in total. The van der Waals surface area contributed by atoms with Gasteiger partial charge in [-0.3, -0.25) is 0 Å². The SMILES string of the molecule is Cc1ccccc1C(O)CNC(=O)NC(C)C1CCOCC1. The lowest BCUT2D eigenvalue weighted by Gasteiger charge is -2.28. The third-order valence-electron chi connectivity index (χ3n) is 4.34. The third kappa shape index (κ3) is 4.71. The van der Waals surface area contributed by atoms with Crippen LogP contribution >= 0.6 is 0 Å². The Hall–Kier alpha value is -1.59. The molecule has 1 heterocycles. The highest BCUT2D eigenvalue weighted by Gasteiger charge is 2.22. The summed E-state index contributed by atoms with van der Waals surface area (Å²) in [5, 5.41) is 15.9. The molecule has 0 aromatic heterocycles. The molecular weight excluding hydrogens is 280 g/mol. The normalized spacial score (nSPS) is 18.5. The van der Waals surface area contributed by atoms with Crippen molar-refractivity contribution in [1.29, 1.82) is 0 Å². The van der Waals surface area contributed by atoms with Crippen molar-refractivity contribution in [2.24, 2.45) is 5.92 Å². The fourth-order valence-electron chi connectivity index (χ4n) is 2.85. The standard InChI is InChI=1S/C17H26N2O3/c1-12-5-3-4-6-15(12)16(20)11-18-17(21)19-13(2)14-7-9-22-10-8-14/h3-6,13-14,16,20H,7-11H2,1-2H3,(H2,18,19,21). The summed E-state index contributed by atoms with van der Waals surface area (Å²) < 4.78 is 5.33. The van der Waals surface area contributed by atoms with Gasteiger partial charge in [0.1, 0.15) is 0 Å². The molecule has 1 aromatic carbocycles. The second-order valence-corrected chi connectivity index (χ2v) is 5.97. The zero-order chi connectivity index (χ0) is 15.9. The maximum Gasteiger partial charge on any atom is 0.315 e. The molecule has 3 N–H and O–H groups in total. The molecule has 22 heavy (non-hydrogen) atoms. The van der Waals surface area contributed by atoms with Crippen LogP contribution in [0.15, 0.2) is 24.3 Å². The Bertz CT molecular complexity index is 487. The fourth-order valence-corrected chi connectivity index (χ4v) is 2.85. The van der Waals surface area contributed by atoms with E-state index < -0.39 is 6.10 Å². The van der Waals surface area contributed by atoms with E-state index in [1.165, 1.54) is 0 Å². The number of benzene rings is 1. The lowest BCUT2D eigenvalue weighted by Crippen LogP contribution is -2.46. The number of hydrogen-bond acceptors (Lipinski definition) is 3. The minimum Gasteiger partial charge on any atom is -0.387 e. The summed E-state index contributed by atoms with van der Waals surface area (Å²) in [5.74, 6) is 0.459. The third-order valence-corrected chi connectivity index (χ3v) is 4.34. The highest BCUT2D eigenvalue weighted by Crippen LogP contribution is 2.18. The number of rotatable bonds is 5. The Labute approximate surface area is 132 Å². The second-order valence-electron chi connectivity index (χ2n) is 5.97. The Balaban J connectivity index is 1.76. The van der Waals surface area contributed by atoms with Crippen molar-refractivity contribution in [3.8, 4) is 0 Å². The number of aryl methyl sites for hydroxylation is 1. The first-order valence-corrected chi connectivity index (χ1v) is 7.93. The number of carbonyl (C=O) groups is 1. The Morgan fingerprint density at radius 3 is 2.73 bits per heavy atom. The van der Waals surface area contributed by atoms with Gasteiger partial charge in [-0.2, -0.15) is 0 Å². The highest BCUT2D eigenvalue weighted by molar-refractivity contribution is 5.74. The molecule has 2 amide bonds. The Kier molecular flexibility index (Phi) is 6.21. The van der Waals surface area contributed by atoms with Crippen molar-refractivity contribution in [1.82, 2.24) is 10.6 Å². The van der Waals surface area contributed by atoms with Crippen molar-refractivity contribution >= 4 is 6.03 Å². The Morgan fingerprint density at radius 2 is 2.05 bits per heavy atom. The average Bonchev–Trinajstić information content (AvgIpc) is 2.54. The summed E-state index contributed by atoms with van der Waals surface area (Å²) in [5.41, 5.74) is 1.87. The van der Waals surface area contributed by atoms with Gasteiger partial charge in [-0.15, -0.1) is 0 Å². The quantitative estimate of drug-likeness (QED) is 0.780. The number of ether oxygens (including phenoxy) is 1. The predicted molar refractivity (Wildman–Crippen MR) is 85.7 cm³/mol. The van der Waals surface area contributed by atoms with Gasteiger partial charge in [0.25, 0.3) is 0 Å². The summed E-state index contributed by atoms with van der Waals surface area (Å²) in [6, 6.07) is 7.53. The van der Waals surface area contributed by atoms with Gasteiger partial charge in [0.2, 0.25) is 0 Å². The molecule has 1 aliphatic heterocycles. The molecule has 0 spiro atoms. The van der Waals surface area contributed by atoms with Crippen LogP contribution in [-0.2, 0) is 4.74 Å². The highest BCUT2D eigenvalue weighted by atomic mass is 16.5. The second kappa shape index (κ2) is 8.15. The topological polar surface area (TPSA) is 70.6 Å². The first-order chi connectivity index (χ1) is 10.6. The number of aliphatic hydroxyl groups is 1. The van der Waals surface area contributed by atoms with E-state index in [1.54, 1.807) is 0 Å². The van der Waals surface area contributed by atoms with Gasteiger partial charge in [-0.1, -0.05) is 24.3 Å². The van der Waals surface area contributed by atoms with E-state index in [2.05, 4.69) is 10.6 Å². The minimum atomic E-state index is -0.690. The smallest absolute Gasteiger partial charge is 0.315 e. The first kappa shape index (κ1) is 16.8. The molecule has 1 fully saturated rings. The van der Waals surface area contributed by atoms with E-state index in [1.807, 2.05) is 38.1 Å². The van der Waals surface area contributed by atoms with Gasteiger partial charge in [-0.25, -0.2) is 4.79 Å². The van der Waals surface area contributed by atoms with Crippen LogP contribution in [0.4, 0.5) is 4.79 Å². The van der Waals surface area contributed by atoms with Crippen molar-refractivity contribution in [3.05, 3.63) is 35.4 Å². The number of hydrogen-bond donors (Lipinski definition) is 3. The van der Waals surface area contributed by atoms with Gasteiger partial charge in [0.05, 0.1) is 6.10 Å². The maximum atomic E-state index is 12.0. The molecule has 0 bridgehead atoms. The largest absolute Gasteiger partial charge is 0.387 e. The molecule has 1 aromatic rings. The van der Waals surface area contributed by atoms with Gasteiger partial charge in [-0.05, 0) is 43.7 Å². The van der Waals surface area contributed by atoms with Crippen LogP contribution < -0.4 is 10.6 Å². The van der Waals surface area contributed by atoms with Crippen molar-refractivity contribution in [2.45, 2.75) is 38.8 Å². The van der Waals surface area contributed by atoms with Crippen LogP contribution in [0.2, 0.25) is 0 Å². The lowest BCUT2D eigenvalue weighted by molar-refractivity contribution is 0.0570. The van der Waals surface area contributed by atoms with Crippen LogP contribution in [-0.4, -0.2) is 36.9 Å². The van der Waals surface area contributed by atoms with Crippen LogP contribution in [0.1, 0.15) is 37.0 Å². The molecule has 1 aliphatic rings. The van der Waals surface area contributed by atoms with Crippen molar-refractivity contribution in [2.75, 3.05) is 19.8 Å². The molecule has 2 atom stereocenters. The molecule has 2 rings (SSSR count). The van der Waals surface area contributed by atoms with Crippen molar-refractivity contribution < 1.29 is 14.6 Å². The predicted octanol–water partition coefficient (Wildman–Crippen LogP) is 2.14. The maximum absolute atomic E-state index is 12.0. The molecule has 1 saturated heterocycles. The van der Waals surface area contributed by atoms with E-state index >= 15 is 0 Å². The van der Waals surface area contributed by atoms with E-state index in [0.717, 1.165) is 37.2 Å². The van der Waals surface area contributed by atoms with Gasteiger partial charge >= 0.3 is 6.03 Å². The Morgan fingerprint density at radius 1 is 1.36 bits per heavy atom. The molecule has 0 saturated carbocycles. The number of nitrogens with one attached hydrogen (secondary N) is 2. The summed E-state index contributed by atoms with van der Waals surface area (Å²) in [4.78, 5) is 12.0. The van der Waals surface area contributed by atoms with Crippen LogP contribution in [0.5, 0.6) is 0 Å². The van der Waals surface area contributed by atoms with E-state index in [-0.39, 0.29) is 18.6 Å². The van der Waals surface area contributed by atoms with Gasteiger partial charge < -0.3 is 20.5 Å². The number of amides is 2. The zero-order valence-corrected chi connectivity index (χ0v) is 13.3. The van der Waals surface area contributed by atoms with Crippen LogP contribution in [0.3, 0.4) is 0 Å².